The van der Waals surface area contributed by atoms with E-state index in [4.69, 9.17) is 0 Å². The molecule has 8 heteroatoms. The number of hydrogen-bond donors (Lipinski definition) is 2. The quantitative estimate of drug-likeness (QED) is 0.619. The summed E-state index contributed by atoms with van der Waals surface area (Å²) in [5.74, 6) is 0.587. The lowest BCUT2D eigenvalue weighted by Crippen LogP contribution is -2.05. The smallest absolute Gasteiger partial charge is 0.316 e. The molecular weight excluding hydrogens is 290 g/mol. The Morgan fingerprint density at radius 3 is 2.90 bits per heavy atom. The van der Waals surface area contributed by atoms with Crippen molar-refractivity contribution in [1.82, 2.24) is 20.2 Å². The molecule has 2 aromatic heterocycles. The van der Waals surface area contributed by atoms with Gasteiger partial charge in [0.05, 0.1) is 31.0 Å². The van der Waals surface area contributed by atoms with E-state index < -0.39 is 0 Å². The maximum absolute atomic E-state index is 11.1. The lowest BCUT2D eigenvalue weighted by atomic mass is 10.2. The largest absolute Gasteiger partial charge is 0.468 e. The van der Waals surface area contributed by atoms with Crippen LogP contribution in [0.3, 0.4) is 0 Å². The zero-order chi connectivity index (χ0) is 15.2. The first-order valence-electron chi connectivity index (χ1n) is 6.36. The molecule has 2 heterocycles. The molecule has 0 amide bonds. The Labute approximate surface area is 126 Å². The molecule has 2 aromatic rings. The van der Waals surface area contributed by atoms with Gasteiger partial charge in [0.15, 0.2) is 0 Å². The van der Waals surface area contributed by atoms with Crippen molar-refractivity contribution in [2.45, 2.75) is 25.4 Å². The number of carbonyl (C=O) groups excluding carboxylic acids is 1. The summed E-state index contributed by atoms with van der Waals surface area (Å²) in [5, 5.41) is 11.0. The monoisotopic (exact) mass is 307 g/mol. The fraction of sp³-hybridized carbons (Fsp3) is 0.385. The van der Waals surface area contributed by atoms with E-state index in [-0.39, 0.29) is 11.7 Å². The normalized spacial score (nSPS) is 10.4. The fourth-order valence-corrected chi connectivity index (χ4v) is 2.39. The number of aromatic nitrogens is 4. The lowest BCUT2D eigenvalue weighted by molar-refractivity contribution is -0.137. The minimum absolute atomic E-state index is 0.217. The van der Waals surface area contributed by atoms with Crippen molar-refractivity contribution in [2.75, 3.05) is 18.2 Å². The predicted octanol–water partition coefficient (Wildman–Crippen LogP) is 1.69. The molecule has 21 heavy (non-hydrogen) atoms. The predicted molar refractivity (Wildman–Crippen MR) is 80.2 cm³/mol. The summed E-state index contributed by atoms with van der Waals surface area (Å²) in [6, 6.07) is 0. The summed E-state index contributed by atoms with van der Waals surface area (Å²) in [6.07, 6.45) is 3.26. The van der Waals surface area contributed by atoms with Gasteiger partial charge in [-0.2, -0.15) is 5.10 Å². The van der Waals surface area contributed by atoms with Gasteiger partial charge in [-0.25, -0.2) is 4.98 Å². The molecule has 0 spiro atoms. The second-order valence-corrected chi connectivity index (χ2v) is 5.37. The Bertz CT molecular complexity index is 609. The average Bonchev–Trinajstić information content (AvgIpc) is 2.82. The van der Waals surface area contributed by atoms with Gasteiger partial charge in [-0.05, 0) is 13.8 Å². The minimum Gasteiger partial charge on any atom is -0.468 e. The van der Waals surface area contributed by atoms with E-state index in [1.165, 1.54) is 18.9 Å². The summed E-state index contributed by atoms with van der Waals surface area (Å²) in [6.45, 7) is 4.55. The van der Waals surface area contributed by atoms with Crippen LogP contribution in [0, 0.1) is 13.8 Å². The molecule has 0 aliphatic carbocycles. The third-order valence-corrected chi connectivity index (χ3v) is 3.78. The number of thioether (sulfide) groups is 1. The molecule has 0 unspecified atom stereocenters. The maximum atomic E-state index is 11.1. The van der Waals surface area contributed by atoms with Crippen LogP contribution in [0.5, 0.6) is 0 Å². The van der Waals surface area contributed by atoms with Crippen molar-refractivity contribution in [2.24, 2.45) is 0 Å². The van der Waals surface area contributed by atoms with Crippen LogP contribution in [0.1, 0.15) is 17.0 Å². The van der Waals surface area contributed by atoms with Gasteiger partial charge in [0.2, 0.25) is 0 Å². The molecule has 0 fully saturated rings. The van der Waals surface area contributed by atoms with Gasteiger partial charge < -0.3 is 10.1 Å². The molecule has 2 rings (SSSR count). The number of nitrogens with zero attached hydrogens (tertiary/aromatic N) is 3. The first kappa shape index (κ1) is 15.3. The van der Waals surface area contributed by atoms with Crippen molar-refractivity contribution >= 4 is 23.5 Å². The summed E-state index contributed by atoms with van der Waals surface area (Å²) in [7, 11) is 1.36. The van der Waals surface area contributed by atoms with Crippen LogP contribution in [-0.2, 0) is 16.1 Å². The number of esters is 1. The number of aryl methyl sites for hydroxylation is 2. The van der Waals surface area contributed by atoms with Gasteiger partial charge in [0, 0.05) is 17.8 Å². The van der Waals surface area contributed by atoms with Crippen LogP contribution in [-0.4, -0.2) is 39.0 Å². The number of ether oxygens (including phenoxy) is 1. The van der Waals surface area contributed by atoms with E-state index in [0.717, 1.165) is 17.0 Å². The Hall–Kier alpha value is -2.09. The topological polar surface area (TPSA) is 92.8 Å². The van der Waals surface area contributed by atoms with Crippen molar-refractivity contribution in [3.63, 3.8) is 0 Å². The molecule has 112 valence electrons. The lowest BCUT2D eigenvalue weighted by Gasteiger charge is -2.07. The van der Waals surface area contributed by atoms with E-state index in [9.17, 15) is 4.79 Å². The first-order valence-corrected chi connectivity index (χ1v) is 7.34. The molecule has 0 aromatic carbocycles. The zero-order valence-corrected chi connectivity index (χ0v) is 13.0. The number of methoxy groups -OCH3 is 1. The van der Waals surface area contributed by atoms with Crippen molar-refractivity contribution in [3.05, 3.63) is 29.3 Å². The Morgan fingerprint density at radius 1 is 1.43 bits per heavy atom. The summed E-state index contributed by atoms with van der Waals surface area (Å²) in [4.78, 5) is 19.6. The van der Waals surface area contributed by atoms with Gasteiger partial charge in [-0.1, -0.05) is 11.8 Å². The Balaban J connectivity index is 1.96. The molecular formula is C13H17N5O2S. The van der Waals surface area contributed by atoms with Gasteiger partial charge in [-0.3, -0.25) is 14.9 Å². The summed E-state index contributed by atoms with van der Waals surface area (Å²) >= 11 is 1.29. The zero-order valence-electron chi connectivity index (χ0n) is 12.1. The van der Waals surface area contributed by atoms with Crippen molar-refractivity contribution in [3.8, 4) is 0 Å². The summed E-state index contributed by atoms with van der Waals surface area (Å²) in [5.41, 5.74) is 3.11. The molecule has 0 radical (unpaired) electrons. The Kier molecular flexibility index (Phi) is 5.15. The summed E-state index contributed by atoms with van der Waals surface area (Å²) < 4.78 is 4.59. The first-order chi connectivity index (χ1) is 10.1. The Morgan fingerprint density at radius 2 is 2.24 bits per heavy atom. The van der Waals surface area contributed by atoms with E-state index in [1.54, 1.807) is 12.4 Å². The van der Waals surface area contributed by atoms with Crippen LogP contribution in [0.2, 0.25) is 0 Å². The fourth-order valence-electron chi connectivity index (χ4n) is 1.71. The highest BCUT2D eigenvalue weighted by Crippen LogP contribution is 2.17. The van der Waals surface area contributed by atoms with E-state index in [1.807, 2.05) is 13.8 Å². The maximum Gasteiger partial charge on any atom is 0.316 e. The average molecular weight is 307 g/mol. The standard InChI is InChI=1S/C13H17N5O2S/c1-8-10(9(2)18-17-8)4-15-11-5-14-6-12(16-11)21-7-13(19)20-3/h5-6H,4,7H2,1-3H3,(H,15,16)(H,17,18). The third kappa shape index (κ3) is 4.19. The number of aromatic amines is 1. The van der Waals surface area contributed by atoms with E-state index >= 15 is 0 Å². The molecule has 0 atom stereocenters. The highest BCUT2D eigenvalue weighted by atomic mass is 32.2. The van der Waals surface area contributed by atoms with Gasteiger partial charge in [-0.15, -0.1) is 0 Å². The van der Waals surface area contributed by atoms with E-state index in [2.05, 4.69) is 30.2 Å². The molecule has 0 aliphatic rings. The third-order valence-electron chi connectivity index (χ3n) is 2.91. The SMILES string of the molecule is COC(=O)CSc1cncc(NCc2c(C)n[nH]c2C)n1. The van der Waals surface area contributed by atoms with Gasteiger partial charge in [0.1, 0.15) is 10.8 Å². The van der Waals surface area contributed by atoms with Crippen LogP contribution in [0.4, 0.5) is 5.82 Å². The number of carbonyl (C=O) groups is 1. The second kappa shape index (κ2) is 7.07. The van der Waals surface area contributed by atoms with Crippen molar-refractivity contribution in [1.29, 1.82) is 0 Å². The highest BCUT2D eigenvalue weighted by Gasteiger charge is 2.08. The molecule has 2 N–H and O–H groups in total. The van der Waals surface area contributed by atoms with Gasteiger partial charge in [0.25, 0.3) is 0 Å². The van der Waals surface area contributed by atoms with Crippen LogP contribution in [0.15, 0.2) is 17.4 Å². The molecule has 0 saturated carbocycles. The van der Waals surface area contributed by atoms with Crippen LogP contribution < -0.4 is 5.32 Å². The van der Waals surface area contributed by atoms with Gasteiger partial charge >= 0.3 is 5.97 Å². The number of H-pyrrole nitrogens is 1. The van der Waals surface area contributed by atoms with Crippen LogP contribution in [0.25, 0.3) is 0 Å². The number of hydrogen-bond acceptors (Lipinski definition) is 7. The number of nitrogens with one attached hydrogen (secondary N) is 2. The number of rotatable bonds is 6. The van der Waals surface area contributed by atoms with E-state index in [0.29, 0.717) is 17.4 Å². The molecule has 7 nitrogen and oxygen atoms in total. The highest BCUT2D eigenvalue weighted by molar-refractivity contribution is 7.99. The second-order valence-electron chi connectivity index (χ2n) is 4.37. The minimum atomic E-state index is -0.287. The molecule has 0 bridgehead atoms. The molecule has 0 aliphatic heterocycles. The number of anilines is 1. The molecule has 0 saturated heterocycles. The van der Waals surface area contributed by atoms with Crippen LogP contribution >= 0.6 is 11.8 Å². The van der Waals surface area contributed by atoms with Crippen molar-refractivity contribution < 1.29 is 9.53 Å².